The van der Waals surface area contributed by atoms with Crippen LogP contribution < -0.4 is 10.6 Å². The second kappa shape index (κ2) is 4.76. The van der Waals surface area contributed by atoms with Gasteiger partial charge in [-0.25, -0.2) is 4.39 Å². The van der Waals surface area contributed by atoms with Crippen molar-refractivity contribution >= 4 is 28.7 Å². The molecule has 2 rings (SSSR count). The number of halogens is 1. The highest BCUT2D eigenvalue weighted by Crippen LogP contribution is 2.10. The maximum atomic E-state index is 12.6. The quantitative estimate of drug-likeness (QED) is 0.701. The standard InChI is InChI=1S/C11H10FN3S/c12-8-1-3-9(4-2-8)14-11(16)15-10-5-6-13-7-10/h1-7,13H,(H2,14,15,16). The summed E-state index contributed by atoms with van der Waals surface area (Å²) in [6, 6.07) is 7.86. The van der Waals surface area contributed by atoms with E-state index >= 15 is 0 Å². The predicted molar refractivity (Wildman–Crippen MR) is 67.0 cm³/mol. The van der Waals surface area contributed by atoms with Crippen LogP contribution in [0.15, 0.2) is 42.7 Å². The summed E-state index contributed by atoms with van der Waals surface area (Å²) in [6.45, 7) is 0. The number of hydrogen-bond donors (Lipinski definition) is 3. The third-order valence-electron chi connectivity index (χ3n) is 1.96. The summed E-state index contributed by atoms with van der Waals surface area (Å²) in [5.74, 6) is -0.268. The highest BCUT2D eigenvalue weighted by molar-refractivity contribution is 7.80. The molecular formula is C11H10FN3S. The first kappa shape index (κ1) is 10.6. The molecule has 0 aliphatic rings. The van der Waals surface area contributed by atoms with Gasteiger partial charge in [0.15, 0.2) is 5.11 Å². The van der Waals surface area contributed by atoms with E-state index in [4.69, 9.17) is 12.2 Å². The molecule has 82 valence electrons. The van der Waals surface area contributed by atoms with Crippen molar-refractivity contribution in [3.05, 3.63) is 48.5 Å². The summed E-state index contributed by atoms with van der Waals surface area (Å²) in [6.07, 6.45) is 3.58. The van der Waals surface area contributed by atoms with Crippen molar-refractivity contribution in [2.75, 3.05) is 10.6 Å². The van der Waals surface area contributed by atoms with Gasteiger partial charge >= 0.3 is 0 Å². The molecule has 1 aromatic heterocycles. The number of rotatable bonds is 2. The molecule has 16 heavy (non-hydrogen) atoms. The van der Waals surface area contributed by atoms with Crippen molar-refractivity contribution < 1.29 is 4.39 Å². The lowest BCUT2D eigenvalue weighted by atomic mass is 10.3. The van der Waals surface area contributed by atoms with Crippen LogP contribution >= 0.6 is 12.2 Å². The van der Waals surface area contributed by atoms with Gasteiger partial charge in [0.1, 0.15) is 5.82 Å². The van der Waals surface area contributed by atoms with Gasteiger partial charge in [-0.2, -0.15) is 0 Å². The minimum absolute atomic E-state index is 0.268. The molecule has 0 radical (unpaired) electrons. The zero-order valence-corrected chi connectivity index (χ0v) is 9.14. The van der Waals surface area contributed by atoms with Crippen LogP contribution in [0.1, 0.15) is 0 Å². The van der Waals surface area contributed by atoms with Crippen LogP contribution in [-0.2, 0) is 0 Å². The zero-order chi connectivity index (χ0) is 11.4. The SMILES string of the molecule is Fc1ccc(NC(=S)Nc2cc[nH]c2)cc1. The zero-order valence-electron chi connectivity index (χ0n) is 8.33. The van der Waals surface area contributed by atoms with Crippen LogP contribution in [0, 0.1) is 5.82 Å². The Kier molecular flexibility index (Phi) is 3.16. The molecule has 0 fully saturated rings. The molecule has 0 atom stereocenters. The molecule has 1 aromatic carbocycles. The summed E-state index contributed by atoms with van der Waals surface area (Å²) in [4.78, 5) is 2.91. The molecular weight excluding hydrogens is 225 g/mol. The Hall–Kier alpha value is -1.88. The molecule has 0 spiro atoms. The highest BCUT2D eigenvalue weighted by Gasteiger charge is 1.98. The fraction of sp³-hybridized carbons (Fsp3) is 0. The lowest BCUT2D eigenvalue weighted by Crippen LogP contribution is -2.18. The number of hydrogen-bond acceptors (Lipinski definition) is 1. The van der Waals surface area contributed by atoms with Crippen LogP contribution in [-0.4, -0.2) is 10.1 Å². The maximum absolute atomic E-state index is 12.6. The number of nitrogens with one attached hydrogen (secondary N) is 3. The van der Waals surface area contributed by atoms with Crippen LogP contribution in [0.25, 0.3) is 0 Å². The Bertz CT molecular complexity index is 464. The van der Waals surface area contributed by atoms with Crippen molar-refractivity contribution in [3.63, 3.8) is 0 Å². The number of anilines is 2. The fourth-order valence-electron chi connectivity index (χ4n) is 1.23. The molecule has 0 saturated heterocycles. The van der Waals surface area contributed by atoms with E-state index < -0.39 is 0 Å². The van der Waals surface area contributed by atoms with Gasteiger partial charge in [-0.05, 0) is 42.5 Å². The molecule has 5 heteroatoms. The van der Waals surface area contributed by atoms with Crippen LogP contribution in [0.4, 0.5) is 15.8 Å². The summed E-state index contributed by atoms with van der Waals surface area (Å²) < 4.78 is 12.6. The summed E-state index contributed by atoms with van der Waals surface area (Å²) >= 11 is 5.09. The molecule has 0 aliphatic carbocycles. The lowest BCUT2D eigenvalue weighted by Gasteiger charge is -2.08. The van der Waals surface area contributed by atoms with E-state index in [9.17, 15) is 4.39 Å². The Balaban J connectivity index is 1.95. The van der Waals surface area contributed by atoms with Crippen molar-refractivity contribution in [2.45, 2.75) is 0 Å². The van der Waals surface area contributed by atoms with Crippen molar-refractivity contribution in [1.82, 2.24) is 4.98 Å². The number of aromatic nitrogens is 1. The third kappa shape index (κ3) is 2.80. The van der Waals surface area contributed by atoms with Crippen LogP contribution in [0.3, 0.4) is 0 Å². The molecule has 3 nitrogen and oxygen atoms in total. The van der Waals surface area contributed by atoms with Crippen molar-refractivity contribution in [1.29, 1.82) is 0 Å². The van der Waals surface area contributed by atoms with E-state index in [2.05, 4.69) is 15.6 Å². The molecule has 0 saturated carbocycles. The van der Waals surface area contributed by atoms with Gasteiger partial charge in [0, 0.05) is 18.1 Å². The van der Waals surface area contributed by atoms with Crippen LogP contribution in [0.5, 0.6) is 0 Å². The summed E-state index contributed by atoms with van der Waals surface area (Å²) in [5.41, 5.74) is 1.62. The number of thiocarbonyl (C=S) groups is 1. The van der Waals surface area contributed by atoms with Crippen molar-refractivity contribution in [2.24, 2.45) is 0 Å². The lowest BCUT2D eigenvalue weighted by molar-refractivity contribution is 0.628. The van der Waals surface area contributed by atoms with E-state index in [1.54, 1.807) is 24.5 Å². The van der Waals surface area contributed by atoms with Gasteiger partial charge in [-0.15, -0.1) is 0 Å². The molecule has 0 amide bonds. The predicted octanol–water partition coefficient (Wildman–Crippen LogP) is 2.96. The Morgan fingerprint density at radius 3 is 2.38 bits per heavy atom. The minimum Gasteiger partial charge on any atom is -0.366 e. The first-order valence-electron chi connectivity index (χ1n) is 4.70. The molecule has 1 heterocycles. The van der Waals surface area contributed by atoms with Gasteiger partial charge in [0.2, 0.25) is 0 Å². The summed E-state index contributed by atoms with van der Waals surface area (Å²) in [5, 5.41) is 6.39. The van der Waals surface area contributed by atoms with Crippen LogP contribution in [0.2, 0.25) is 0 Å². The number of benzene rings is 1. The second-order valence-corrected chi connectivity index (χ2v) is 3.59. The summed E-state index contributed by atoms with van der Waals surface area (Å²) in [7, 11) is 0. The monoisotopic (exact) mass is 235 g/mol. The molecule has 2 aromatic rings. The topological polar surface area (TPSA) is 39.8 Å². The average Bonchev–Trinajstić information content (AvgIpc) is 2.74. The third-order valence-corrected chi connectivity index (χ3v) is 2.16. The normalized spacial score (nSPS) is 9.81. The minimum atomic E-state index is -0.268. The molecule has 0 unspecified atom stereocenters. The number of aromatic amines is 1. The first-order valence-corrected chi connectivity index (χ1v) is 5.11. The highest BCUT2D eigenvalue weighted by atomic mass is 32.1. The number of H-pyrrole nitrogens is 1. The van der Waals surface area contributed by atoms with Gasteiger partial charge in [0.05, 0.1) is 5.69 Å². The van der Waals surface area contributed by atoms with E-state index in [1.807, 2.05) is 6.07 Å². The van der Waals surface area contributed by atoms with E-state index in [0.29, 0.717) is 5.11 Å². The maximum Gasteiger partial charge on any atom is 0.175 e. The van der Waals surface area contributed by atoms with Gasteiger partial charge in [-0.1, -0.05) is 0 Å². The largest absolute Gasteiger partial charge is 0.366 e. The Labute approximate surface area is 97.7 Å². The molecule has 0 bridgehead atoms. The average molecular weight is 235 g/mol. The van der Waals surface area contributed by atoms with E-state index in [1.165, 1.54) is 12.1 Å². The second-order valence-electron chi connectivity index (χ2n) is 3.19. The Morgan fingerprint density at radius 2 is 1.75 bits per heavy atom. The van der Waals surface area contributed by atoms with Gasteiger partial charge in [0.25, 0.3) is 0 Å². The molecule has 3 N–H and O–H groups in total. The first-order chi connectivity index (χ1) is 7.74. The molecule has 0 aliphatic heterocycles. The smallest absolute Gasteiger partial charge is 0.175 e. The van der Waals surface area contributed by atoms with Gasteiger partial charge in [-0.3, -0.25) is 0 Å². The Morgan fingerprint density at radius 1 is 1.06 bits per heavy atom. The van der Waals surface area contributed by atoms with Crippen molar-refractivity contribution in [3.8, 4) is 0 Å². The van der Waals surface area contributed by atoms with E-state index in [0.717, 1.165) is 11.4 Å². The van der Waals surface area contributed by atoms with E-state index in [-0.39, 0.29) is 5.82 Å². The van der Waals surface area contributed by atoms with Gasteiger partial charge < -0.3 is 15.6 Å². The fourth-order valence-corrected chi connectivity index (χ4v) is 1.46.